The van der Waals surface area contributed by atoms with Crippen LogP contribution in [-0.4, -0.2) is 10.1 Å². The molecule has 1 aliphatic carbocycles. The van der Waals surface area contributed by atoms with Gasteiger partial charge in [0, 0.05) is 0 Å². The quantitative estimate of drug-likeness (QED) is 0.540. The van der Waals surface area contributed by atoms with Gasteiger partial charge in [-0.15, -0.1) is 0 Å². The molecule has 0 spiro atoms. The van der Waals surface area contributed by atoms with E-state index < -0.39 is 4.33 Å². The summed E-state index contributed by atoms with van der Waals surface area (Å²) in [6.45, 7) is 5.93. The number of hydrogen-bond acceptors (Lipinski definition) is 1. The van der Waals surface area contributed by atoms with Gasteiger partial charge in [0.05, 0.1) is 0 Å². The predicted molar refractivity (Wildman–Crippen MR) is 47.0 cm³/mol. The molecule has 0 aromatic heterocycles. The van der Waals surface area contributed by atoms with Crippen molar-refractivity contribution >= 4 is 29.0 Å². The summed E-state index contributed by atoms with van der Waals surface area (Å²) in [5, 5.41) is 0. The summed E-state index contributed by atoms with van der Waals surface area (Å²) in [6.07, 6.45) is 1.51. The van der Waals surface area contributed by atoms with Crippen molar-refractivity contribution in [1.82, 2.24) is 0 Å². The minimum Gasteiger partial charge on any atom is -0.291 e. The lowest BCUT2D eigenvalue weighted by Crippen LogP contribution is -2.41. The minimum absolute atomic E-state index is 0.114. The van der Waals surface area contributed by atoms with E-state index in [4.69, 9.17) is 23.2 Å². The Morgan fingerprint density at radius 1 is 1.36 bits per heavy atom. The summed E-state index contributed by atoms with van der Waals surface area (Å²) in [5.74, 6) is -0.203. The van der Waals surface area contributed by atoms with Crippen molar-refractivity contribution in [2.24, 2.45) is 5.41 Å². The topological polar surface area (TPSA) is 17.1 Å². The minimum atomic E-state index is -1.25. The molecule has 1 nitrogen and oxygen atoms in total. The van der Waals surface area contributed by atoms with Gasteiger partial charge in [-0.25, -0.2) is 0 Å². The van der Waals surface area contributed by atoms with E-state index in [1.807, 2.05) is 20.8 Å². The van der Waals surface area contributed by atoms with Crippen LogP contribution in [0.5, 0.6) is 0 Å². The van der Waals surface area contributed by atoms with E-state index in [9.17, 15) is 4.79 Å². The molecule has 0 amide bonds. The molecule has 0 unspecified atom stereocenters. The van der Waals surface area contributed by atoms with Gasteiger partial charge >= 0.3 is 0 Å². The van der Waals surface area contributed by atoms with Crippen molar-refractivity contribution in [1.29, 1.82) is 0 Å². The summed E-state index contributed by atoms with van der Waals surface area (Å²) in [5.41, 5.74) is 0.690. The zero-order chi connectivity index (χ0) is 8.86. The maximum absolute atomic E-state index is 10.9. The summed E-state index contributed by atoms with van der Waals surface area (Å²) >= 11 is 11.5. The van der Waals surface area contributed by atoms with E-state index >= 15 is 0 Å². The lowest BCUT2D eigenvalue weighted by atomic mass is 9.76. The van der Waals surface area contributed by atoms with Crippen LogP contribution in [0.4, 0.5) is 0 Å². The Morgan fingerprint density at radius 2 is 1.82 bits per heavy atom. The third-order valence-corrected chi connectivity index (χ3v) is 2.51. The average Bonchev–Trinajstić information content (AvgIpc) is 1.80. The third-order valence-electron chi connectivity index (χ3n) is 1.73. The molecule has 0 fully saturated rings. The first kappa shape index (κ1) is 9.08. The molecule has 0 bridgehead atoms. The van der Waals surface area contributed by atoms with Gasteiger partial charge in [0.25, 0.3) is 0 Å². The number of hydrogen-bond donors (Lipinski definition) is 0. The largest absolute Gasteiger partial charge is 0.291 e. The molecule has 0 aromatic carbocycles. The predicted octanol–water partition coefficient (Wildman–Crippen LogP) is 2.72. The molecular formula is C8H10Cl2O. The number of allylic oxidation sites excluding steroid dienone is 2. The van der Waals surface area contributed by atoms with Crippen molar-refractivity contribution < 1.29 is 4.79 Å². The van der Waals surface area contributed by atoms with Gasteiger partial charge in [0.2, 0.25) is 4.33 Å². The highest BCUT2D eigenvalue weighted by Gasteiger charge is 2.49. The van der Waals surface area contributed by atoms with E-state index in [2.05, 4.69) is 0 Å². The molecule has 0 aromatic rings. The molecule has 1 aliphatic rings. The zero-order valence-corrected chi connectivity index (χ0v) is 8.25. The molecule has 1 rings (SSSR count). The Morgan fingerprint density at radius 3 is 1.91 bits per heavy atom. The molecule has 0 saturated carbocycles. The maximum Gasteiger partial charge on any atom is 0.201 e. The first-order valence-electron chi connectivity index (χ1n) is 3.41. The second-order valence-electron chi connectivity index (χ2n) is 3.75. The molecule has 0 aliphatic heterocycles. The molecule has 3 heteroatoms. The van der Waals surface area contributed by atoms with Crippen molar-refractivity contribution in [2.45, 2.75) is 25.1 Å². The summed E-state index contributed by atoms with van der Waals surface area (Å²) in [7, 11) is 0. The number of alkyl halides is 2. The molecule has 62 valence electrons. The van der Waals surface area contributed by atoms with Crippen LogP contribution < -0.4 is 0 Å². The number of rotatable bonds is 0. The fraction of sp³-hybridized carbons (Fsp3) is 0.625. The van der Waals surface area contributed by atoms with Crippen LogP contribution in [0.15, 0.2) is 11.6 Å². The first-order chi connectivity index (χ1) is 4.76. The summed E-state index contributed by atoms with van der Waals surface area (Å²) < 4.78 is -1.25. The van der Waals surface area contributed by atoms with Crippen molar-refractivity contribution in [3.05, 3.63) is 11.6 Å². The third kappa shape index (κ3) is 1.32. The lowest BCUT2D eigenvalue weighted by molar-refractivity contribution is -0.116. The molecule has 0 atom stereocenters. The van der Waals surface area contributed by atoms with Gasteiger partial charge in [-0.2, -0.15) is 0 Å². The van der Waals surface area contributed by atoms with Crippen LogP contribution in [0, 0.1) is 5.41 Å². The van der Waals surface area contributed by atoms with Gasteiger partial charge in [0.1, 0.15) is 0 Å². The highest BCUT2D eigenvalue weighted by molar-refractivity contribution is 6.64. The number of carbonyl (C=O) groups excluding carboxylic acids is 1. The molecule has 0 heterocycles. The Labute approximate surface area is 76.4 Å². The second-order valence-corrected chi connectivity index (χ2v) is 5.07. The Balaban J connectivity index is 2.97. The maximum atomic E-state index is 10.9. The Hall–Kier alpha value is -0.0100. The standard InChI is InChI=1S/C8H10Cl2O/c1-7(2,3)5-4-6(11)8(5,9)10/h4H,1-3H3. The highest BCUT2D eigenvalue weighted by atomic mass is 35.5. The number of halogens is 2. The van der Waals surface area contributed by atoms with Gasteiger partial charge in [-0.05, 0) is 17.1 Å². The van der Waals surface area contributed by atoms with Gasteiger partial charge in [-0.1, -0.05) is 44.0 Å². The van der Waals surface area contributed by atoms with Crippen LogP contribution in [-0.2, 0) is 4.79 Å². The molecule has 0 saturated heterocycles. The summed E-state index contributed by atoms with van der Waals surface area (Å²) in [6, 6.07) is 0. The zero-order valence-electron chi connectivity index (χ0n) is 6.74. The Bertz CT molecular complexity index is 233. The lowest BCUT2D eigenvalue weighted by Gasteiger charge is -2.37. The normalized spacial score (nSPS) is 22.6. The van der Waals surface area contributed by atoms with E-state index in [1.54, 1.807) is 0 Å². The SMILES string of the molecule is CC(C)(C)C1=CC(=O)C1(Cl)Cl. The fourth-order valence-electron chi connectivity index (χ4n) is 1.05. The van der Waals surface area contributed by atoms with E-state index in [1.165, 1.54) is 6.08 Å². The smallest absolute Gasteiger partial charge is 0.201 e. The highest BCUT2D eigenvalue weighted by Crippen LogP contribution is 2.48. The van der Waals surface area contributed by atoms with Crippen molar-refractivity contribution in [2.75, 3.05) is 0 Å². The van der Waals surface area contributed by atoms with Gasteiger partial charge in [-0.3, -0.25) is 4.79 Å². The van der Waals surface area contributed by atoms with Gasteiger partial charge < -0.3 is 0 Å². The van der Waals surface area contributed by atoms with Crippen molar-refractivity contribution in [3.63, 3.8) is 0 Å². The molecule has 0 radical (unpaired) electrons. The monoisotopic (exact) mass is 192 g/mol. The van der Waals surface area contributed by atoms with E-state index in [-0.39, 0.29) is 11.2 Å². The van der Waals surface area contributed by atoms with E-state index in [0.717, 1.165) is 5.57 Å². The molecule has 0 N–H and O–H groups in total. The van der Waals surface area contributed by atoms with Crippen LogP contribution in [0.2, 0.25) is 0 Å². The first-order valence-corrected chi connectivity index (χ1v) is 4.17. The number of ketones is 1. The Kier molecular flexibility index (Phi) is 1.85. The van der Waals surface area contributed by atoms with Crippen LogP contribution in [0.25, 0.3) is 0 Å². The van der Waals surface area contributed by atoms with Gasteiger partial charge in [0.15, 0.2) is 5.78 Å². The molecular weight excluding hydrogens is 183 g/mol. The molecule has 11 heavy (non-hydrogen) atoms. The van der Waals surface area contributed by atoms with Crippen molar-refractivity contribution in [3.8, 4) is 0 Å². The fourth-order valence-corrected chi connectivity index (χ4v) is 1.84. The summed E-state index contributed by atoms with van der Waals surface area (Å²) in [4.78, 5) is 10.9. The van der Waals surface area contributed by atoms with Crippen LogP contribution in [0.3, 0.4) is 0 Å². The second kappa shape index (κ2) is 2.24. The van der Waals surface area contributed by atoms with E-state index in [0.29, 0.717) is 0 Å². The van der Waals surface area contributed by atoms with Crippen LogP contribution in [0.1, 0.15) is 20.8 Å². The van der Waals surface area contributed by atoms with Crippen LogP contribution >= 0.6 is 23.2 Å². The number of carbonyl (C=O) groups is 1. The average molecular weight is 193 g/mol.